The third-order valence-corrected chi connectivity index (χ3v) is 2.34. The van der Waals surface area contributed by atoms with Gasteiger partial charge in [0, 0.05) is 13.1 Å². The summed E-state index contributed by atoms with van der Waals surface area (Å²) < 4.78 is 13.3. The van der Waals surface area contributed by atoms with Crippen LogP contribution < -0.4 is 5.32 Å². The highest BCUT2D eigenvalue weighted by atomic mass is 19.1. The molecule has 1 aliphatic rings. The molecule has 0 spiro atoms. The fraction of sp³-hybridized carbons (Fsp3) is 0.444. The summed E-state index contributed by atoms with van der Waals surface area (Å²) in [5, 5.41) is 3.15. The van der Waals surface area contributed by atoms with E-state index < -0.39 is 0 Å². The third kappa shape index (κ3) is 0.932. The number of aromatic nitrogens is 1. The number of pyridine rings is 1. The summed E-state index contributed by atoms with van der Waals surface area (Å²) >= 11 is 0. The number of hydrogen-bond donors (Lipinski definition) is 1. The molecule has 2 heterocycles. The Bertz CT molecular complexity index is 334. The van der Waals surface area contributed by atoms with Crippen LogP contribution in [-0.2, 0) is 13.1 Å². The second-order valence-corrected chi connectivity index (χ2v) is 3.16. The first-order valence-corrected chi connectivity index (χ1v) is 4.05. The zero-order chi connectivity index (χ0) is 8.72. The topological polar surface area (TPSA) is 24.9 Å². The lowest BCUT2D eigenvalue weighted by Crippen LogP contribution is -2.00. The van der Waals surface area contributed by atoms with E-state index >= 15 is 0 Å². The van der Waals surface area contributed by atoms with Crippen molar-refractivity contribution in [1.82, 2.24) is 10.3 Å². The summed E-state index contributed by atoms with van der Waals surface area (Å²) in [4.78, 5) is 4.18. The predicted octanol–water partition coefficient (Wildman–Crippen LogP) is 1.44. The van der Waals surface area contributed by atoms with Crippen LogP contribution in [0.1, 0.15) is 22.5 Å². The van der Waals surface area contributed by atoms with Crippen LogP contribution in [0.4, 0.5) is 4.39 Å². The molecule has 1 aromatic heterocycles. The molecule has 2 rings (SSSR count). The van der Waals surface area contributed by atoms with Crippen LogP contribution in [0.2, 0.25) is 0 Å². The summed E-state index contributed by atoms with van der Waals surface area (Å²) in [5.74, 6) is -0.155. The van der Waals surface area contributed by atoms with Crippen molar-refractivity contribution in [2.45, 2.75) is 26.9 Å². The molecule has 0 fully saturated rings. The molecule has 2 nitrogen and oxygen atoms in total. The highest BCUT2D eigenvalue weighted by Crippen LogP contribution is 2.21. The molecule has 0 saturated heterocycles. The zero-order valence-corrected chi connectivity index (χ0v) is 7.24. The molecular weight excluding hydrogens is 155 g/mol. The maximum Gasteiger partial charge on any atom is 0.147 e. The first-order chi connectivity index (χ1) is 5.70. The van der Waals surface area contributed by atoms with Crippen molar-refractivity contribution in [3.8, 4) is 0 Å². The average Bonchev–Trinajstić information content (AvgIpc) is 2.48. The van der Waals surface area contributed by atoms with Crippen LogP contribution in [0.25, 0.3) is 0 Å². The van der Waals surface area contributed by atoms with Crippen LogP contribution in [0.15, 0.2) is 0 Å². The molecule has 1 aromatic rings. The van der Waals surface area contributed by atoms with Gasteiger partial charge in [-0.1, -0.05) is 0 Å². The van der Waals surface area contributed by atoms with Crippen LogP contribution >= 0.6 is 0 Å². The summed E-state index contributed by atoms with van der Waals surface area (Å²) in [5.41, 5.74) is 3.31. The third-order valence-electron chi connectivity index (χ3n) is 2.34. The van der Waals surface area contributed by atoms with Gasteiger partial charge in [-0.15, -0.1) is 0 Å². The molecule has 3 heteroatoms. The van der Waals surface area contributed by atoms with E-state index in [0.717, 1.165) is 29.9 Å². The number of aryl methyl sites for hydroxylation is 1. The summed E-state index contributed by atoms with van der Waals surface area (Å²) in [7, 11) is 0. The van der Waals surface area contributed by atoms with Crippen molar-refractivity contribution in [3.63, 3.8) is 0 Å². The van der Waals surface area contributed by atoms with Crippen molar-refractivity contribution in [3.05, 3.63) is 28.3 Å². The maximum absolute atomic E-state index is 13.3. The van der Waals surface area contributed by atoms with Crippen LogP contribution in [0.3, 0.4) is 0 Å². The average molecular weight is 166 g/mol. The number of fused-ring (bicyclic) bond motifs is 1. The molecular formula is C9H11FN2. The second-order valence-electron chi connectivity index (χ2n) is 3.16. The molecule has 1 N–H and O–H groups in total. The molecule has 0 atom stereocenters. The minimum atomic E-state index is -0.155. The Hall–Kier alpha value is -0.960. The Morgan fingerprint density at radius 2 is 2.08 bits per heavy atom. The van der Waals surface area contributed by atoms with Gasteiger partial charge >= 0.3 is 0 Å². The molecule has 0 radical (unpaired) electrons. The molecule has 0 unspecified atom stereocenters. The number of nitrogens with one attached hydrogen (secondary N) is 1. The van der Waals surface area contributed by atoms with Gasteiger partial charge in [-0.2, -0.15) is 0 Å². The standard InChI is InChI=1S/C9H11FN2/c1-5-7-3-11-4-8(7)12-6(2)9(5)10/h11H,3-4H2,1-2H3. The van der Waals surface area contributed by atoms with E-state index in [1.54, 1.807) is 6.92 Å². The Balaban J connectivity index is 2.67. The molecule has 0 bridgehead atoms. The van der Waals surface area contributed by atoms with E-state index in [2.05, 4.69) is 10.3 Å². The van der Waals surface area contributed by atoms with E-state index in [1.165, 1.54) is 0 Å². The zero-order valence-electron chi connectivity index (χ0n) is 7.24. The molecule has 12 heavy (non-hydrogen) atoms. The van der Waals surface area contributed by atoms with Crippen LogP contribution in [0.5, 0.6) is 0 Å². The smallest absolute Gasteiger partial charge is 0.147 e. The number of hydrogen-bond acceptors (Lipinski definition) is 2. The fourth-order valence-corrected chi connectivity index (χ4v) is 1.63. The highest BCUT2D eigenvalue weighted by molar-refractivity contribution is 5.35. The summed E-state index contributed by atoms with van der Waals surface area (Å²) in [6.07, 6.45) is 0. The first-order valence-electron chi connectivity index (χ1n) is 4.05. The van der Waals surface area contributed by atoms with E-state index in [1.807, 2.05) is 6.92 Å². The van der Waals surface area contributed by atoms with Gasteiger partial charge in [0.05, 0.1) is 11.4 Å². The summed E-state index contributed by atoms with van der Waals surface area (Å²) in [6, 6.07) is 0. The quantitative estimate of drug-likeness (QED) is 0.630. The van der Waals surface area contributed by atoms with Crippen LogP contribution in [0, 0.1) is 19.7 Å². The Morgan fingerprint density at radius 1 is 1.33 bits per heavy atom. The number of rotatable bonds is 0. The van der Waals surface area contributed by atoms with Gasteiger partial charge in [-0.05, 0) is 25.0 Å². The van der Waals surface area contributed by atoms with Crippen molar-refractivity contribution < 1.29 is 4.39 Å². The predicted molar refractivity (Wildman–Crippen MR) is 44.2 cm³/mol. The Kier molecular flexibility index (Phi) is 1.61. The normalized spacial score (nSPS) is 14.9. The van der Waals surface area contributed by atoms with Gasteiger partial charge in [0.25, 0.3) is 0 Å². The minimum Gasteiger partial charge on any atom is -0.307 e. The van der Waals surface area contributed by atoms with Crippen LogP contribution in [-0.4, -0.2) is 4.98 Å². The van der Waals surface area contributed by atoms with E-state index in [4.69, 9.17) is 0 Å². The van der Waals surface area contributed by atoms with E-state index in [9.17, 15) is 4.39 Å². The second kappa shape index (κ2) is 2.52. The van der Waals surface area contributed by atoms with Crippen molar-refractivity contribution in [1.29, 1.82) is 0 Å². The van der Waals surface area contributed by atoms with Gasteiger partial charge in [-0.3, -0.25) is 4.98 Å². The largest absolute Gasteiger partial charge is 0.307 e. The molecule has 64 valence electrons. The van der Waals surface area contributed by atoms with Crippen molar-refractivity contribution >= 4 is 0 Å². The van der Waals surface area contributed by atoms with Gasteiger partial charge in [0.2, 0.25) is 0 Å². The first kappa shape index (κ1) is 7.68. The Labute approximate surface area is 70.8 Å². The molecule has 0 aliphatic carbocycles. The molecule has 1 aliphatic heterocycles. The maximum atomic E-state index is 13.3. The van der Waals surface area contributed by atoms with E-state index in [-0.39, 0.29) is 5.82 Å². The van der Waals surface area contributed by atoms with Gasteiger partial charge < -0.3 is 5.32 Å². The van der Waals surface area contributed by atoms with E-state index in [0.29, 0.717) is 5.69 Å². The lowest BCUT2D eigenvalue weighted by Gasteiger charge is -2.05. The molecule has 0 saturated carbocycles. The number of halogens is 1. The lowest BCUT2D eigenvalue weighted by atomic mass is 10.1. The summed E-state index contributed by atoms with van der Waals surface area (Å²) in [6.45, 7) is 5.06. The SMILES string of the molecule is Cc1nc2c(c(C)c1F)CNC2. The Morgan fingerprint density at radius 3 is 2.83 bits per heavy atom. The van der Waals surface area contributed by atoms with Gasteiger partial charge in [-0.25, -0.2) is 4.39 Å². The highest BCUT2D eigenvalue weighted by Gasteiger charge is 2.18. The van der Waals surface area contributed by atoms with Crippen molar-refractivity contribution in [2.24, 2.45) is 0 Å². The van der Waals surface area contributed by atoms with Crippen molar-refractivity contribution in [2.75, 3.05) is 0 Å². The lowest BCUT2D eigenvalue weighted by molar-refractivity contribution is 0.596. The minimum absolute atomic E-state index is 0.155. The fourth-order valence-electron chi connectivity index (χ4n) is 1.63. The van der Waals surface area contributed by atoms with Gasteiger partial charge in [0.15, 0.2) is 0 Å². The monoisotopic (exact) mass is 166 g/mol. The molecule has 0 aromatic carbocycles. The molecule has 0 amide bonds. The number of nitrogens with zero attached hydrogens (tertiary/aromatic N) is 1. The van der Waals surface area contributed by atoms with Gasteiger partial charge in [0.1, 0.15) is 5.82 Å².